The van der Waals surface area contributed by atoms with Crippen LogP contribution in [0.1, 0.15) is 25.0 Å². The quantitative estimate of drug-likeness (QED) is 0.660. The normalized spacial score (nSPS) is 11.6. The summed E-state index contributed by atoms with van der Waals surface area (Å²) >= 11 is 1.36. The first-order valence-corrected chi connectivity index (χ1v) is 11.6. The second-order valence-corrected chi connectivity index (χ2v) is 9.16. The van der Waals surface area contributed by atoms with Crippen LogP contribution < -0.4 is 5.32 Å². The van der Waals surface area contributed by atoms with Gasteiger partial charge in [0.25, 0.3) is 0 Å². The number of sulfonamides is 1. The maximum atomic E-state index is 13.2. The molecule has 0 atom stereocenters. The Morgan fingerprint density at radius 2 is 1.86 bits per heavy atom. The van der Waals surface area contributed by atoms with Gasteiger partial charge < -0.3 is 5.32 Å². The lowest BCUT2D eigenvalue weighted by Crippen LogP contribution is -2.30. The molecule has 0 fully saturated rings. The van der Waals surface area contributed by atoms with Crippen molar-refractivity contribution in [2.24, 2.45) is 0 Å². The van der Waals surface area contributed by atoms with Crippen molar-refractivity contribution in [2.45, 2.75) is 31.4 Å². The van der Waals surface area contributed by atoms with Crippen molar-refractivity contribution in [1.29, 1.82) is 0 Å². The number of hydrogen-bond donors (Lipinski definition) is 1. The minimum absolute atomic E-state index is 0.157. The van der Waals surface area contributed by atoms with E-state index < -0.39 is 10.0 Å². The van der Waals surface area contributed by atoms with E-state index >= 15 is 0 Å². The van der Waals surface area contributed by atoms with Crippen molar-refractivity contribution < 1.29 is 17.6 Å². The number of aryl methyl sites for hydroxylation is 1. The third-order valence-electron chi connectivity index (χ3n) is 4.22. The molecule has 0 heterocycles. The number of rotatable bonds is 9. The molecule has 0 aromatic heterocycles. The van der Waals surface area contributed by atoms with E-state index in [0.717, 1.165) is 11.1 Å². The van der Waals surface area contributed by atoms with Crippen LogP contribution in [0, 0.1) is 12.7 Å². The molecule has 2 aromatic rings. The largest absolute Gasteiger partial charge is 0.325 e. The zero-order valence-corrected chi connectivity index (χ0v) is 17.9. The minimum atomic E-state index is -3.59. The summed E-state index contributed by atoms with van der Waals surface area (Å²) in [6.45, 7) is 6.14. The summed E-state index contributed by atoms with van der Waals surface area (Å²) in [7, 11) is -3.59. The van der Waals surface area contributed by atoms with Crippen LogP contribution in [0.2, 0.25) is 0 Å². The molecule has 0 saturated heterocycles. The van der Waals surface area contributed by atoms with Crippen molar-refractivity contribution in [2.75, 3.05) is 24.2 Å². The van der Waals surface area contributed by atoms with Gasteiger partial charge in [0, 0.05) is 24.5 Å². The topological polar surface area (TPSA) is 66.5 Å². The Balaban J connectivity index is 2.04. The number of thioether (sulfide) groups is 1. The first kappa shape index (κ1) is 22.4. The predicted octanol–water partition coefficient (Wildman–Crippen LogP) is 4.04. The molecule has 152 valence electrons. The highest BCUT2D eigenvalue weighted by Gasteiger charge is 2.22. The standard InChI is InChI=1S/C20H25FN2O3S2/c1-4-23(5-2)28(25,26)18-10-9-15(3)19(12-18)22-20(24)14-27-13-16-7-6-8-17(21)11-16/h6-12H,4-5,13-14H2,1-3H3,(H,22,24). The van der Waals surface area contributed by atoms with E-state index in [-0.39, 0.29) is 22.4 Å². The molecule has 28 heavy (non-hydrogen) atoms. The van der Waals surface area contributed by atoms with E-state index in [2.05, 4.69) is 5.32 Å². The minimum Gasteiger partial charge on any atom is -0.325 e. The first-order chi connectivity index (χ1) is 13.3. The van der Waals surface area contributed by atoms with Crippen LogP contribution in [0.5, 0.6) is 0 Å². The smallest absolute Gasteiger partial charge is 0.243 e. The van der Waals surface area contributed by atoms with Gasteiger partial charge in [0.2, 0.25) is 15.9 Å². The molecule has 0 radical (unpaired) electrons. The number of carbonyl (C=O) groups is 1. The monoisotopic (exact) mass is 424 g/mol. The summed E-state index contributed by atoms with van der Waals surface area (Å²) in [4.78, 5) is 12.4. The number of nitrogens with one attached hydrogen (secondary N) is 1. The number of anilines is 1. The highest BCUT2D eigenvalue weighted by molar-refractivity contribution is 7.99. The van der Waals surface area contributed by atoms with Gasteiger partial charge in [0.15, 0.2) is 0 Å². The maximum Gasteiger partial charge on any atom is 0.243 e. The fourth-order valence-electron chi connectivity index (χ4n) is 2.68. The van der Waals surface area contributed by atoms with Crippen molar-refractivity contribution in [3.05, 3.63) is 59.4 Å². The van der Waals surface area contributed by atoms with Gasteiger partial charge in [-0.1, -0.05) is 32.0 Å². The zero-order chi connectivity index (χ0) is 20.7. The van der Waals surface area contributed by atoms with Crippen LogP contribution in [-0.2, 0) is 20.6 Å². The highest BCUT2D eigenvalue weighted by atomic mass is 32.2. The Bertz CT molecular complexity index is 929. The fourth-order valence-corrected chi connectivity index (χ4v) is 4.94. The van der Waals surface area contributed by atoms with Gasteiger partial charge in [0.1, 0.15) is 5.82 Å². The summed E-state index contributed by atoms with van der Waals surface area (Å²) in [5.41, 5.74) is 2.06. The Morgan fingerprint density at radius 3 is 2.50 bits per heavy atom. The number of hydrogen-bond acceptors (Lipinski definition) is 4. The third-order valence-corrected chi connectivity index (χ3v) is 7.27. The Hall–Kier alpha value is -1.90. The molecule has 0 aliphatic carbocycles. The van der Waals surface area contributed by atoms with Crippen molar-refractivity contribution in [3.63, 3.8) is 0 Å². The lowest BCUT2D eigenvalue weighted by atomic mass is 10.2. The molecular formula is C20H25FN2O3S2. The first-order valence-electron chi connectivity index (χ1n) is 9.00. The molecule has 0 aliphatic heterocycles. The van der Waals surface area contributed by atoms with E-state index in [1.165, 1.54) is 34.3 Å². The average Bonchev–Trinajstić information content (AvgIpc) is 2.64. The van der Waals surface area contributed by atoms with Gasteiger partial charge in [-0.05, 0) is 42.3 Å². The third kappa shape index (κ3) is 5.80. The SMILES string of the molecule is CCN(CC)S(=O)(=O)c1ccc(C)c(NC(=O)CSCc2cccc(F)c2)c1. The molecule has 5 nitrogen and oxygen atoms in total. The van der Waals surface area contributed by atoms with Gasteiger partial charge in [-0.15, -0.1) is 11.8 Å². The Morgan fingerprint density at radius 1 is 1.14 bits per heavy atom. The van der Waals surface area contributed by atoms with Crippen molar-refractivity contribution in [1.82, 2.24) is 4.31 Å². The molecule has 8 heteroatoms. The lowest BCUT2D eigenvalue weighted by molar-refractivity contribution is -0.113. The van der Waals surface area contributed by atoms with Crippen LogP contribution in [0.4, 0.5) is 10.1 Å². The Labute approximate surface area is 170 Å². The van der Waals surface area contributed by atoms with Gasteiger partial charge in [-0.25, -0.2) is 12.8 Å². The second kappa shape index (κ2) is 10.0. The maximum absolute atomic E-state index is 13.2. The van der Waals surface area contributed by atoms with Crippen molar-refractivity contribution in [3.8, 4) is 0 Å². The summed E-state index contributed by atoms with van der Waals surface area (Å²) in [6, 6.07) is 11.0. The van der Waals surface area contributed by atoms with Crippen molar-refractivity contribution >= 4 is 33.4 Å². The molecule has 2 rings (SSSR count). The van der Waals surface area contributed by atoms with Crippen LogP contribution >= 0.6 is 11.8 Å². The summed E-state index contributed by atoms with van der Waals surface area (Å²) in [6.07, 6.45) is 0. The second-order valence-electron chi connectivity index (χ2n) is 6.24. The number of benzene rings is 2. The predicted molar refractivity (Wildman–Crippen MR) is 112 cm³/mol. The molecule has 0 aliphatic rings. The molecule has 0 saturated carbocycles. The van der Waals surface area contributed by atoms with Crippen LogP contribution in [0.15, 0.2) is 47.4 Å². The van der Waals surface area contributed by atoms with Crippen LogP contribution in [0.3, 0.4) is 0 Å². The lowest BCUT2D eigenvalue weighted by Gasteiger charge is -2.19. The van der Waals surface area contributed by atoms with E-state index in [0.29, 0.717) is 24.5 Å². The van der Waals surface area contributed by atoms with Gasteiger partial charge >= 0.3 is 0 Å². The highest BCUT2D eigenvalue weighted by Crippen LogP contribution is 2.23. The van der Waals surface area contributed by atoms with Gasteiger partial charge in [-0.2, -0.15) is 4.31 Å². The average molecular weight is 425 g/mol. The fraction of sp³-hybridized carbons (Fsp3) is 0.350. The number of amides is 1. The van der Waals surface area contributed by atoms with E-state index in [4.69, 9.17) is 0 Å². The molecule has 0 unspecified atom stereocenters. The van der Waals surface area contributed by atoms with E-state index in [1.807, 2.05) is 6.92 Å². The van der Waals surface area contributed by atoms with Crippen LogP contribution in [0.25, 0.3) is 0 Å². The number of carbonyl (C=O) groups excluding carboxylic acids is 1. The molecular weight excluding hydrogens is 399 g/mol. The molecule has 0 bridgehead atoms. The zero-order valence-electron chi connectivity index (χ0n) is 16.2. The number of nitrogens with zero attached hydrogens (tertiary/aromatic N) is 1. The van der Waals surface area contributed by atoms with E-state index in [9.17, 15) is 17.6 Å². The number of halogens is 1. The van der Waals surface area contributed by atoms with Crippen LogP contribution in [-0.4, -0.2) is 37.5 Å². The van der Waals surface area contributed by atoms with Gasteiger partial charge in [-0.3, -0.25) is 4.79 Å². The summed E-state index contributed by atoms with van der Waals surface area (Å²) < 4.78 is 39.9. The molecule has 2 aromatic carbocycles. The van der Waals surface area contributed by atoms with Gasteiger partial charge in [0.05, 0.1) is 10.6 Å². The molecule has 1 amide bonds. The van der Waals surface area contributed by atoms with E-state index in [1.54, 1.807) is 38.1 Å². The summed E-state index contributed by atoms with van der Waals surface area (Å²) in [5.74, 6) is 0.162. The Kier molecular flexibility index (Phi) is 8.03. The molecule has 0 spiro atoms. The molecule has 1 N–H and O–H groups in total. The summed E-state index contributed by atoms with van der Waals surface area (Å²) in [5, 5.41) is 2.78.